The van der Waals surface area contributed by atoms with E-state index in [1.54, 1.807) is 24.3 Å². The van der Waals surface area contributed by atoms with Gasteiger partial charge in [-0.15, -0.1) is 11.3 Å². The fraction of sp³-hybridized carbons (Fsp3) is 0.100. The third kappa shape index (κ3) is 2.88. The Kier molecular flexibility index (Phi) is 4.23. The normalized spacial score (nSPS) is 18.9. The molecule has 1 N–H and O–H groups in total. The first-order valence-electron chi connectivity index (χ1n) is 7.97. The maximum Gasteiger partial charge on any atom is 0.139 e. The number of amidine groups is 1. The van der Waals surface area contributed by atoms with Gasteiger partial charge in [-0.25, -0.2) is 9.38 Å². The van der Waals surface area contributed by atoms with Gasteiger partial charge >= 0.3 is 0 Å². The highest BCUT2D eigenvalue weighted by Gasteiger charge is 2.40. The van der Waals surface area contributed by atoms with E-state index in [1.165, 1.54) is 23.5 Å². The van der Waals surface area contributed by atoms with E-state index in [0.717, 1.165) is 16.0 Å². The Morgan fingerprint density at radius 2 is 1.96 bits per heavy atom. The summed E-state index contributed by atoms with van der Waals surface area (Å²) in [6.45, 7) is 0.529. The van der Waals surface area contributed by atoms with Gasteiger partial charge in [0.1, 0.15) is 17.2 Å². The predicted molar refractivity (Wildman–Crippen MR) is 102 cm³/mol. The minimum atomic E-state index is -0.677. The first-order valence-corrected chi connectivity index (χ1v) is 9.16. The molecule has 128 valence electrons. The van der Waals surface area contributed by atoms with Crippen molar-refractivity contribution in [3.63, 3.8) is 0 Å². The smallest absolute Gasteiger partial charge is 0.139 e. The molecule has 3 aromatic rings. The zero-order valence-electron chi connectivity index (χ0n) is 13.5. The lowest BCUT2D eigenvalue weighted by Gasteiger charge is -2.24. The molecule has 2 aromatic carbocycles. The number of aliphatic imine (C=N–C) groups is 1. The average molecular weight is 382 g/mol. The number of hydrogen-bond donors (Lipinski definition) is 1. The Hall–Kier alpha value is -2.68. The minimum Gasteiger partial charge on any atom is -0.367 e. The van der Waals surface area contributed by atoms with Gasteiger partial charge in [-0.05, 0) is 42.0 Å². The molecule has 3 nitrogen and oxygen atoms in total. The van der Waals surface area contributed by atoms with Gasteiger partial charge in [0.05, 0.1) is 22.5 Å². The van der Waals surface area contributed by atoms with Crippen LogP contribution in [0.25, 0.3) is 0 Å². The molecule has 0 amide bonds. The molecular weight excluding hydrogens is 369 g/mol. The Morgan fingerprint density at radius 1 is 1.15 bits per heavy atom. The lowest BCUT2D eigenvalue weighted by molar-refractivity contribution is 0.575. The molecule has 26 heavy (non-hydrogen) atoms. The topological polar surface area (TPSA) is 48.2 Å². The number of rotatable bonds is 3. The third-order valence-electron chi connectivity index (χ3n) is 4.38. The van der Waals surface area contributed by atoms with Crippen molar-refractivity contribution in [2.75, 3.05) is 6.54 Å². The van der Waals surface area contributed by atoms with Crippen molar-refractivity contribution in [2.24, 2.45) is 4.99 Å². The Morgan fingerprint density at radius 3 is 2.65 bits per heavy atom. The highest BCUT2D eigenvalue weighted by Crippen LogP contribution is 2.41. The maximum atomic E-state index is 13.4. The number of nitrogens with zero attached hydrogens (tertiary/aromatic N) is 2. The van der Waals surface area contributed by atoms with Crippen LogP contribution in [0.3, 0.4) is 0 Å². The van der Waals surface area contributed by atoms with E-state index in [1.807, 2.05) is 24.3 Å². The first-order chi connectivity index (χ1) is 12.6. The van der Waals surface area contributed by atoms with Crippen molar-refractivity contribution in [3.8, 4) is 6.07 Å². The van der Waals surface area contributed by atoms with Crippen LogP contribution in [0.4, 0.5) is 4.39 Å². The van der Waals surface area contributed by atoms with Gasteiger partial charge in [-0.2, -0.15) is 5.26 Å². The summed E-state index contributed by atoms with van der Waals surface area (Å²) in [6.07, 6.45) is 0. The lowest BCUT2D eigenvalue weighted by atomic mass is 9.89. The highest BCUT2D eigenvalue weighted by molar-refractivity contribution is 7.16. The minimum absolute atomic E-state index is 0.287. The standard InChI is InChI=1S/C20H13ClFN3S/c21-18-9-8-17(26-18)20(15-4-6-16(22)7-5-15)12-24-19(25-20)14-3-1-2-13(10-14)11-23/h1-10H,12H2,(H,24,25). The van der Waals surface area contributed by atoms with Crippen molar-refractivity contribution in [3.05, 3.63) is 92.4 Å². The van der Waals surface area contributed by atoms with Gasteiger partial charge < -0.3 is 5.32 Å². The van der Waals surface area contributed by atoms with Crippen LogP contribution in [-0.2, 0) is 5.54 Å². The Bertz CT molecular complexity index is 1040. The zero-order chi connectivity index (χ0) is 18.1. The van der Waals surface area contributed by atoms with Crippen LogP contribution in [0.15, 0.2) is 65.7 Å². The Balaban J connectivity index is 1.86. The van der Waals surface area contributed by atoms with E-state index >= 15 is 0 Å². The molecule has 0 radical (unpaired) electrons. The van der Waals surface area contributed by atoms with E-state index in [9.17, 15) is 4.39 Å². The number of hydrogen-bond acceptors (Lipinski definition) is 4. The summed E-state index contributed by atoms with van der Waals surface area (Å²) in [5.74, 6) is 0.418. The average Bonchev–Trinajstić information content (AvgIpc) is 3.30. The number of nitrogens with one attached hydrogen (secondary N) is 1. The van der Waals surface area contributed by atoms with Crippen molar-refractivity contribution < 1.29 is 4.39 Å². The molecule has 6 heteroatoms. The van der Waals surface area contributed by atoms with Gasteiger partial charge in [0.2, 0.25) is 0 Å². The van der Waals surface area contributed by atoms with Crippen LogP contribution in [0.5, 0.6) is 0 Å². The maximum absolute atomic E-state index is 13.4. The number of nitriles is 1. The molecule has 0 fully saturated rings. The summed E-state index contributed by atoms with van der Waals surface area (Å²) in [6, 6.07) is 19.6. The van der Waals surface area contributed by atoms with Crippen molar-refractivity contribution >= 4 is 28.8 Å². The molecule has 0 bridgehead atoms. The van der Waals surface area contributed by atoms with Crippen LogP contribution < -0.4 is 5.32 Å². The van der Waals surface area contributed by atoms with Crippen LogP contribution in [0, 0.1) is 17.1 Å². The first kappa shape index (κ1) is 16.8. The SMILES string of the molecule is N#Cc1cccc(C2=NC(c3ccc(F)cc3)(c3ccc(Cl)s3)CN2)c1. The molecular formula is C20H13ClFN3S. The van der Waals surface area contributed by atoms with Crippen molar-refractivity contribution in [1.29, 1.82) is 5.26 Å². The van der Waals surface area contributed by atoms with Crippen LogP contribution in [0.1, 0.15) is 21.6 Å². The number of halogens is 2. The fourth-order valence-corrected chi connectivity index (χ4v) is 4.30. The second-order valence-electron chi connectivity index (χ2n) is 5.98. The largest absolute Gasteiger partial charge is 0.367 e. The van der Waals surface area contributed by atoms with Gasteiger partial charge in [0.25, 0.3) is 0 Å². The van der Waals surface area contributed by atoms with E-state index in [-0.39, 0.29) is 5.82 Å². The van der Waals surface area contributed by atoms with Crippen molar-refractivity contribution in [1.82, 2.24) is 5.32 Å². The molecule has 2 heterocycles. The molecule has 0 spiro atoms. The van der Waals surface area contributed by atoms with Crippen LogP contribution >= 0.6 is 22.9 Å². The van der Waals surface area contributed by atoms with Crippen LogP contribution in [-0.4, -0.2) is 12.4 Å². The van der Waals surface area contributed by atoms with Gasteiger partial charge in [-0.3, -0.25) is 0 Å². The summed E-state index contributed by atoms with van der Waals surface area (Å²) in [5.41, 5.74) is 1.63. The molecule has 1 aliphatic rings. The van der Waals surface area contributed by atoms with E-state index in [0.29, 0.717) is 22.3 Å². The molecule has 0 saturated carbocycles. The molecule has 0 saturated heterocycles. The summed E-state index contributed by atoms with van der Waals surface area (Å²) in [7, 11) is 0. The zero-order valence-corrected chi connectivity index (χ0v) is 15.1. The van der Waals surface area contributed by atoms with E-state index in [4.69, 9.17) is 21.9 Å². The third-order valence-corrected chi connectivity index (χ3v) is 5.76. The van der Waals surface area contributed by atoms with Gasteiger partial charge in [0, 0.05) is 10.4 Å². The quantitative estimate of drug-likeness (QED) is 0.714. The van der Waals surface area contributed by atoms with E-state index < -0.39 is 5.54 Å². The Labute approximate surface area is 159 Å². The molecule has 1 unspecified atom stereocenters. The molecule has 4 rings (SSSR count). The molecule has 1 atom stereocenters. The predicted octanol–water partition coefficient (Wildman–Crippen LogP) is 4.71. The van der Waals surface area contributed by atoms with Gasteiger partial charge in [0.15, 0.2) is 0 Å². The second kappa shape index (κ2) is 6.56. The number of thiophene rings is 1. The molecule has 0 aliphatic carbocycles. The van der Waals surface area contributed by atoms with Crippen LogP contribution in [0.2, 0.25) is 4.34 Å². The number of benzene rings is 2. The van der Waals surface area contributed by atoms with Crippen molar-refractivity contribution in [2.45, 2.75) is 5.54 Å². The summed E-state index contributed by atoms with van der Waals surface area (Å²) < 4.78 is 14.1. The molecule has 1 aliphatic heterocycles. The highest BCUT2D eigenvalue weighted by atomic mass is 35.5. The summed E-state index contributed by atoms with van der Waals surface area (Å²) in [5, 5.41) is 12.5. The van der Waals surface area contributed by atoms with Gasteiger partial charge in [-0.1, -0.05) is 35.9 Å². The fourth-order valence-electron chi connectivity index (χ4n) is 3.10. The monoisotopic (exact) mass is 381 g/mol. The summed E-state index contributed by atoms with van der Waals surface area (Å²) >= 11 is 7.62. The second-order valence-corrected chi connectivity index (χ2v) is 7.69. The molecule has 1 aromatic heterocycles. The van der Waals surface area contributed by atoms with E-state index in [2.05, 4.69) is 11.4 Å². The summed E-state index contributed by atoms with van der Waals surface area (Å²) in [4.78, 5) is 5.95. The lowest BCUT2D eigenvalue weighted by Crippen LogP contribution is -2.31.